The third-order valence-electron chi connectivity index (χ3n) is 0.929. The molecule has 0 rings (SSSR count). The SMILES string of the molecule is CC(C)(N)CC(=O)N=S(C)(C)=O. The maximum absolute atomic E-state index is 11.1. The molecule has 0 aliphatic carbocycles. The second kappa shape index (κ2) is 3.53. The van der Waals surface area contributed by atoms with Crippen LogP contribution in [0.1, 0.15) is 20.3 Å². The lowest BCUT2D eigenvalue weighted by molar-refractivity contribution is -0.118. The van der Waals surface area contributed by atoms with Crippen LogP contribution in [0.15, 0.2) is 4.36 Å². The molecule has 0 aliphatic heterocycles. The van der Waals surface area contributed by atoms with E-state index in [1.165, 1.54) is 12.5 Å². The van der Waals surface area contributed by atoms with E-state index >= 15 is 0 Å². The van der Waals surface area contributed by atoms with E-state index in [4.69, 9.17) is 5.73 Å². The summed E-state index contributed by atoms with van der Waals surface area (Å²) in [4.78, 5) is 11.0. The van der Waals surface area contributed by atoms with Crippen molar-refractivity contribution in [2.45, 2.75) is 25.8 Å². The van der Waals surface area contributed by atoms with E-state index in [2.05, 4.69) is 4.36 Å². The highest BCUT2D eigenvalue weighted by molar-refractivity contribution is 7.92. The fourth-order valence-corrected chi connectivity index (χ4v) is 1.22. The van der Waals surface area contributed by atoms with Crippen LogP contribution in [0.25, 0.3) is 0 Å². The second-order valence-electron chi connectivity index (χ2n) is 3.83. The minimum atomic E-state index is -2.33. The Hall–Kier alpha value is -0.420. The standard InChI is InChI=1S/C7H16N2O2S/c1-7(2,8)5-6(10)9-12(3,4)11/h5,8H2,1-4H3. The topological polar surface area (TPSA) is 72.5 Å². The largest absolute Gasteiger partial charge is 0.325 e. The van der Waals surface area contributed by atoms with Gasteiger partial charge >= 0.3 is 0 Å². The average molecular weight is 192 g/mol. The molecule has 0 aliphatic rings. The maximum Gasteiger partial charge on any atom is 0.255 e. The number of rotatable bonds is 2. The maximum atomic E-state index is 11.1. The third kappa shape index (κ3) is 7.68. The quantitative estimate of drug-likeness (QED) is 0.687. The van der Waals surface area contributed by atoms with E-state index in [0.29, 0.717) is 0 Å². The highest BCUT2D eigenvalue weighted by atomic mass is 32.2. The van der Waals surface area contributed by atoms with Crippen molar-refractivity contribution in [1.29, 1.82) is 0 Å². The van der Waals surface area contributed by atoms with E-state index in [9.17, 15) is 9.00 Å². The number of carbonyl (C=O) groups excluding carboxylic acids is 1. The molecule has 0 radical (unpaired) electrons. The summed E-state index contributed by atoms with van der Waals surface area (Å²) in [5.74, 6) is -0.391. The first-order chi connectivity index (χ1) is 5.10. The molecular weight excluding hydrogens is 176 g/mol. The van der Waals surface area contributed by atoms with Gasteiger partial charge in [0.05, 0.1) is 0 Å². The van der Waals surface area contributed by atoms with Crippen LogP contribution >= 0.6 is 0 Å². The lowest BCUT2D eigenvalue weighted by Gasteiger charge is -2.14. The first kappa shape index (κ1) is 11.6. The summed E-state index contributed by atoms with van der Waals surface area (Å²) < 4.78 is 14.6. The van der Waals surface area contributed by atoms with Crippen molar-refractivity contribution in [2.75, 3.05) is 12.5 Å². The van der Waals surface area contributed by atoms with E-state index in [1.807, 2.05) is 0 Å². The average Bonchev–Trinajstić information content (AvgIpc) is 1.49. The summed E-state index contributed by atoms with van der Waals surface area (Å²) in [7, 11) is -2.33. The van der Waals surface area contributed by atoms with Gasteiger partial charge in [-0.3, -0.25) is 4.79 Å². The molecule has 2 N–H and O–H groups in total. The van der Waals surface area contributed by atoms with Gasteiger partial charge in [0.2, 0.25) is 0 Å². The highest BCUT2D eigenvalue weighted by Crippen LogP contribution is 2.05. The molecule has 0 heterocycles. The first-order valence-corrected chi connectivity index (χ1v) is 5.92. The number of nitrogens with zero attached hydrogens (tertiary/aromatic N) is 1. The molecule has 0 spiro atoms. The Kier molecular flexibility index (Phi) is 3.41. The van der Waals surface area contributed by atoms with E-state index in [0.717, 1.165) is 0 Å². The third-order valence-corrected chi connectivity index (χ3v) is 1.57. The molecule has 72 valence electrons. The van der Waals surface area contributed by atoms with Gasteiger partial charge in [0.1, 0.15) is 0 Å². The summed E-state index contributed by atoms with van der Waals surface area (Å²) in [6.45, 7) is 3.46. The van der Waals surface area contributed by atoms with Crippen LogP contribution in [0, 0.1) is 0 Å². The fraction of sp³-hybridized carbons (Fsp3) is 0.857. The molecule has 0 saturated heterocycles. The molecule has 0 bridgehead atoms. The predicted molar refractivity (Wildman–Crippen MR) is 50.3 cm³/mol. The lowest BCUT2D eigenvalue weighted by atomic mass is 10.0. The molecule has 0 atom stereocenters. The number of hydrogen-bond donors (Lipinski definition) is 1. The van der Waals surface area contributed by atoms with Crippen LogP contribution in [-0.2, 0) is 14.5 Å². The van der Waals surface area contributed by atoms with Crippen molar-refractivity contribution in [1.82, 2.24) is 0 Å². The normalized spacial score (nSPS) is 12.8. The van der Waals surface area contributed by atoms with Crippen LogP contribution in [0.4, 0.5) is 0 Å². The Morgan fingerprint density at radius 1 is 1.50 bits per heavy atom. The van der Waals surface area contributed by atoms with Crippen molar-refractivity contribution < 1.29 is 9.00 Å². The highest BCUT2D eigenvalue weighted by Gasteiger charge is 2.16. The van der Waals surface area contributed by atoms with Gasteiger partial charge in [0, 0.05) is 34.2 Å². The van der Waals surface area contributed by atoms with Gasteiger partial charge in [-0.15, -0.1) is 0 Å². The predicted octanol–water partition coefficient (Wildman–Crippen LogP) is 0.368. The van der Waals surface area contributed by atoms with E-state index in [1.54, 1.807) is 13.8 Å². The molecule has 0 aromatic carbocycles. The molecule has 5 heteroatoms. The van der Waals surface area contributed by atoms with Crippen molar-refractivity contribution in [3.63, 3.8) is 0 Å². The number of hydrogen-bond acceptors (Lipinski definition) is 3. The van der Waals surface area contributed by atoms with E-state index in [-0.39, 0.29) is 6.42 Å². The number of nitrogens with two attached hydrogens (primary N) is 1. The molecular formula is C7H16N2O2S. The van der Waals surface area contributed by atoms with Gasteiger partial charge in [-0.1, -0.05) is 0 Å². The monoisotopic (exact) mass is 192 g/mol. The Bertz CT molecular complexity index is 274. The summed E-state index contributed by atoms with van der Waals surface area (Å²) >= 11 is 0. The molecule has 0 aromatic rings. The number of carbonyl (C=O) groups is 1. The molecule has 0 aromatic heterocycles. The minimum Gasteiger partial charge on any atom is -0.325 e. The van der Waals surface area contributed by atoms with Gasteiger partial charge in [-0.25, -0.2) is 4.21 Å². The van der Waals surface area contributed by atoms with Crippen molar-refractivity contribution in [3.05, 3.63) is 0 Å². The first-order valence-electron chi connectivity index (χ1n) is 3.59. The summed E-state index contributed by atoms with van der Waals surface area (Å²) in [6.07, 6.45) is 2.98. The van der Waals surface area contributed by atoms with Crippen molar-refractivity contribution >= 4 is 15.6 Å². The van der Waals surface area contributed by atoms with Crippen LogP contribution in [0.2, 0.25) is 0 Å². The van der Waals surface area contributed by atoms with Gasteiger partial charge in [-0.2, -0.15) is 4.36 Å². The second-order valence-corrected chi connectivity index (χ2v) is 6.38. The molecule has 1 amide bonds. The fourth-order valence-electron chi connectivity index (χ4n) is 0.667. The van der Waals surface area contributed by atoms with Crippen molar-refractivity contribution in [2.24, 2.45) is 10.1 Å². The number of amides is 1. The Morgan fingerprint density at radius 2 is 1.92 bits per heavy atom. The summed E-state index contributed by atoms with van der Waals surface area (Å²) in [5.41, 5.74) is 5.00. The summed E-state index contributed by atoms with van der Waals surface area (Å²) in [6, 6.07) is 0. The van der Waals surface area contributed by atoms with E-state index < -0.39 is 21.2 Å². The van der Waals surface area contributed by atoms with Crippen LogP contribution in [-0.4, -0.2) is 28.2 Å². The van der Waals surface area contributed by atoms with Crippen LogP contribution < -0.4 is 5.73 Å². The lowest BCUT2D eigenvalue weighted by Crippen LogP contribution is -2.34. The van der Waals surface area contributed by atoms with Gasteiger partial charge in [0.15, 0.2) is 0 Å². The molecule has 0 unspecified atom stereocenters. The van der Waals surface area contributed by atoms with Crippen LogP contribution in [0.5, 0.6) is 0 Å². The smallest absolute Gasteiger partial charge is 0.255 e. The Balaban J connectivity index is 4.39. The van der Waals surface area contributed by atoms with Gasteiger partial charge in [-0.05, 0) is 13.8 Å². The molecule has 12 heavy (non-hydrogen) atoms. The zero-order valence-electron chi connectivity index (χ0n) is 7.96. The zero-order chi connectivity index (χ0) is 9.99. The Morgan fingerprint density at radius 3 is 2.17 bits per heavy atom. The summed E-state index contributed by atoms with van der Waals surface area (Å²) in [5, 5.41) is 0. The minimum absolute atomic E-state index is 0.131. The molecule has 0 fully saturated rings. The molecule has 4 nitrogen and oxygen atoms in total. The van der Waals surface area contributed by atoms with Gasteiger partial charge < -0.3 is 5.73 Å². The van der Waals surface area contributed by atoms with Crippen molar-refractivity contribution in [3.8, 4) is 0 Å². The van der Waals surface area contributed by atoms with Crippen LogP contribution in [0.3, 0.4) is 0 Å². The molecule has 0 saturated carbocycles. The van der Waals surface area contributed by atoms with Gasteiger partial charge in [0.25, 0.3) is 5.91 Å². The zero-order valence-corrected chi connectivity index (χ0v) is 8.77. The Labute approximate surface area is 73.7 Å².